The largest absolute Gasteiger partial charge is 0.444 e. The van der Waals surface area contributed by atoms with Crippen LogP contribution in [-0.4, -0.2) is 34.1 Å². The minimum absolute atomic E-state index is 0.405. The first-order valence-electron chi connectivity index (χ1n) is 6.71. The van der Waals surface area contributed by atoms with Crippen LogP contribution in [-0.2, 0) is 4.74 Å². The molecule has 0 aromatic rings. The van der Waals surface area contributed by atoms with Gasteiger partial charge in [-0.05, 0) is 48.5 Å². The highest BCUT2D eigenvalue weighted by Crippen LogP contribution is 2.24. The standard InChI is InChI=1S/C14H26N4O2/c1-9-16-10(15)8-11(17-9)18(13(2,3)4)12(19)20-14(5,6)7/h8,11H,15H2,1-7H3,(H,16,17). The van der Waals surface area contributed by atoms with Gasteiger partial charge in [-0.3, -0.25) is 4.90 Å². The maximum Gasteiger partial charge on any atom is 0.412 e. The molecule has 1 aliphatic heterocycles. The van der Waals surface area contributed by atoms with Gasteiger partial charge in [-0.2, -0.15) is 0 Å². The summed E-state index contributed by atoms with van der Waals surface area (Å²) in [5, 5.41) is 2.91. The molecule has 6 heteroatoms. The smallest absolute Gasteiger partial charge is 0.412 e. The summed E-state index contributed by atoms with van der Waals surface area (Å²) in [5.41, 5.74) is 4.82. The van der Waals surface area contributed by atoms with Crippen molar-refractivity contribution in [2.75, 3.05) is 0 Å². The Bertz CT molecular complexity index is 423. The van der Waals surface area contributed by atoms with Gasteiger partial charge in [-0.15, -0.1) is 0 Å². The third kappa shape index (κ3) is 4.43. The Morgan fingerprint density at radius 1 is 1.35 bits per heavy atom. The van der Waals surface area contributed by atoms with Crippen LogP contribution in [0.4, 0.5) is 4.79 Å². The first-order valence-corrected chi connectivity index (χ1v) is 6.71. The third-order valence-corrected chi connectivity index (χ3v) is 2.56. The van der Waals surface area contributed by atoms with E-state index in [-0.39, 0.29) is 0 Å². The van der Waals surface area contributed by atoms with Crippen molar-refractivity contribution < 1.29 is 9.53 Å². The van der Waals surface area contributed by atoms with E-state index in [1.54, 1.807) is 11.0 Å². The van der Waals surface area contributed by atoms with Crippen LogP contribution in [0.2, 0.25) is 0 Å². The summed E-state index contributed by atoms with van der Waals surface area (Å²) in [6.07, 6.45) is 0.839. The van der Waals surface area contributed by atoms with E-state index < -0.39 is 23.4 Å². The fraction of sp³-hybridized carbons (Fsp3) is 0.714. The van der Waals surface area contributed by atoms with Crippen LogP contribution in [0.15, 0.2) is 16.9 Å². The number of hydrogen-bond acceptors (Lipinski definition) is 5. The van der Waals surface area contributed by atoms with Gasteiger partial charge in [0.25, 0.3) is 0 Å². The van der Waals surface area contributed by atoms with Crippen molar-refractivity contribution in [3.05, 3.63) is 11.9 Å². The molecular weight excluding hydrogens is 256 g/mol. The molecule has 0 bridgehead atoms. The van der Waals surface area contributed by atoms with E-state index in [2.05, 4.69) is 10.3 Å². The van der Waals surface area contributed by atoms with E-state index in [0.29, 0.717) is 11.7 Å². The van der Waals surface area contributed by atoms with Gasteiger partial charge in [0.15, 0.2) is 6.17 Å². The summed E-state index contributed by atoms with van der Waals surface area (Å²) < 4.78 is 5.48. The van der Waals surface area contributed by atoms with Crippen molar-refractivity contribution in [3.8, 4) is 0 Å². The molecule has 0 aromatic carbocycles. The first kappa shape index (κ1) is 16.3. The van der Waals surface area contributed by atoms with Gasteiger partial charge in [-0.25, -0.2) is 9.79 Å². The summed E-state index contributed by atoms with van der Waals surface area (Å²) in [6, 6.07) is 0. The molecule has 114 valence electrons. The second kappa shape index (κ2) is 5.34. The average molecular weight is 282 g/mol. The zero-order chi connectivity index (χ0) is 15.7. The molecule has 1 atom stereocenters. The second-order valence-corrected chi connectivity index (χ2v) is 6.90. The molecule has 1 rings (SSSR count). The normalized spacial score (nSPS) is 19.6. The Morgan fingerprint density at radius 3 is 2.30 bits per heavy atom. The molecule has 6 nitrogen and oxygen atoms in total. The molecule has 1 unspecified atom stereocenters. The summed E-state index contributed by atoms with van der Waals surface area (Å²) in [5.74, 6) is 1.16. The molecule has 0 fully saturated rings. The predicted molar refractivity (Wildman–Crippen MR) is 80.1 cm³/mol. The number of nitrogens with one attached hydrogen (secondary N) is 1. The van der Waals surface area contributed by atoms with Crippen LogP contribution in [0.25, 0.3) is 0 Å². The molecule has 0 saturated carbocycles. The van der Waals surface area contributed by atoms with Crippen LogP contribution >= 0.6 is 0 Å². The van der Waals surface area contributed by atoms with Crippen LogP contribution in [0, 0.1) is 0 Å². The summed E-state index contributed by atoms with van der Waals surface area (Å²) in [6.45, 7) is 13.1. The number of ether oxygens (including phenoxy) is 1. The first-order chi connectivity index (χ1) is 8.90. The van der Waals surface area contributed by atoms with Crippen LogP contribution < -0.4 is 11.1 Å². The zero-order valence-corrected chi connectivity index (χ0v) is 13.4. The molecule has 0 radical (unpaired) electrons. The maximum absolute atomic E-state index is 12.5. The minimum Gasteiger partial charge on any atom is -0.444 e. The van der Waals surface area contributed by atoms with E-state index in [9.17, 15) is 4.79 Å². The number of nitrogens with zero attached hydrogens (tertiary/aromatic N) is 2. The molecule has 0 aromatic heterocycles. The molecule has 1 heterocycles. The molecular formula is C14H26N4O2. The quantitative estimate of drug-likeness (QED) is 0.772. The lowest BCUT2D eigenvalue weighted by Crippen LogP contribution is -2.53. The molecule has 1 amide bonds. The molecule has 0 spiro atoms. The summed E-state index contributed by atoms with van der Waals surface area (Å²) >= 11 is 0. The van der Waals surface area contributed by atoms with Gasteiger partial charge in [0, 0.05) is 11.6 Å². The highest BCUT2D eigenvalue weighted by atomic mass is 16.6. The molecule has 1 aliphatic rings. The van der Waals surface area contributed by atoms with Crippen molar-refractivity contribution >= 4 is 11.9 Å². The van der Waals surface area contributed by atoms with Gasteiger partial charge < -0.3 is 15.8 Å². The highest BCUT2D eigenvalue weighted by Gasteiger charge is 2.36. The lowest BCUT2D eigenvalue weighted by molar-refractivity contribution is -0.000897. The van der Waals surface area contributed by atoms with Crippen LogP contribution in [0.5, 0.6) is 0 Å². The second-order valence-electron chi connectivity index (χ2n) is 6.90. The number of carbonyl (C=O) groups is 1. The van der Waals surface area contributed by atoms with Crippen LogP contribution in [0.1, 0.15) is 48.5 Å². The van der Waals surface area contributed by atoms with Gasteiger partial charge >= 0.3 is 6.09 Å². The van der Waals surface area contributed by atoms with Gasteiger partial charge in [-0.1, -0.05) is 0 Å². The fourth-order valence-electron chi connectivity index (χ4n) is 1.90. The Kier molecular flexibility index (Phi) is 4.36. The van der Waals surface area contributed by atoms with E-state index in [1.807, 2.05) is 48.5 Å². The van der Waals surface area contributed by atoms with Crippen molar-refractivity contribution in [1.82, 2.24) is 10.2 Å². The van der Waals surface area contributed by atoms with Gasteiger partial charge in [0.05, 0.1) is 0 Å². The summed E-state index contributed by atoms with van der Waals surface area (Å²) in [7, 11) is 0. The molecule has 3 N–H and O–H groups in total. The number of nitrogens with two attached hydrogens (primary N) is 1. The predicted octanol–water partition coefficient (Wildman–Crippen LogP) is 2.17. The number of carbonyl (C=O) groups excluding carboxylic acids is 1. The third-order valence-electron chi connectivity index (χ3n) is 2.56. The van der Waals surface area contributed by atoms with Crippen molar-refractivity contribution in [1.29, 1.82) is 0 Å². The SMILES string of the molecule is CC1=NC(N(C(=O)OC(C)(C)C)C(C)(C)C)C=C(N)N1. The topological polar surface area (TPSA) is 80.0 Å². The van der Waals surface area contributed by atoms with E-state index in [0.717, 1.165) is 0 Å². The van der Waals surface area contributed by atoms with Gasteiger partial charge in [0.1, 0.15) is 17.3 Å². The maximum atomic E-state index is 12.5. The number of rotatable bonds is 1. The number of aliphatic imine (C=N–C) groups is 1. The van der Waals surface area contributed by atoms with E-state index in [4.69, 9.17) is 10.5 Å². The average Bonchev–Trinajstić information content (AvgIpc) is 2.08. The Balaban J connectivity index is 3.08. The number of hydrogen-bond donors (Lipinski definition) is 2. The monoisotopic (exact) mass is 282 g/mol. The van der Waals surface area contributed by atoms with Crippen molar-refractivity contribution in [2.45, 2.75) is 65.8 Å². The molecule has 20 heavy (non-hydrogen) atoms. The van der Waals surface area contributed by atoms with E-state index >= 15 is 0 Å². The minimum atomic E-state index is -0.554. The Morgan fingerprint density at radius 2 is 1.90 bits per heavy atom. The zero-order valence-electron chi connectivity index (χ0n) is 13.4. The number of amides is 1. The van der Waals surface area contributed by atoms with Gasteiger partial charge in [0.2, 0.25) is 0 Å². The lowest BCUT2D eigenvalue weighted by Gasteiger charge is -2.40. The highest BCUT2D eigenvalue weighted by molar-refractivity contribution is 5.83. The van der Waals surface area contributed by atoms with E-state index in [1.165, 1.54) is 0 Å². The fourth-order valence-corrected chi connectivity index (χ4v) is 1.90. The summed E-state index contributed by atoms with van der Waals surface area (Å²) in [4.78, 5) is 18.5. The Labute approximate surface area is 121 Å². The number of amidine groups is 1. The van der Waals surface area contributed by atoms with Crippen LogP contribution in [0.3, 0.4) is 0 Å². The lowest BCUT2D eigenvalue weighted by atomic mass is 10.1. The van der Waals surface area contributed by atoms with Crippen molar-refractivity contribution in [3.63, 3.8) is 0 Å². The molecule has 0 aliphatic carbocycles. The van der Waals surface area contributed by atoms with Crippen molar-refractivity contribution in [2.24, 2.45) is 10.7 Å². The Hall–Kier alpha value is -1.72. The molecule has 0 saturated heterocycles.